The number of rotatable bonds is 4. The summed E-state index contributed by atoms with van der Waals surface area (Å²) in [4.78, 5) is 14.1. The van der Waals surface area contributed by atoms with E-state index in [1.54, 1.807) is 29.9 Å². The van der Waals surface area contributed by atoms with Crippen molar-refractivity contribution in [2.24, 2.45) is 0 Å². The molecule has 0 unspecified atom stereocenters. The maximum atomic E-state index is 5.92. The van der Waals surface area contributed by atoms with Gasteiger partial charge in [-0.1, -0.05) is 49.7 Å². The fraction of sp³-hybridized carbons (Fsp3) is 0.150. The third-order valence-electron chi connectivity index (χ3n) is 4.23. The Kier molecular flexibility index (Phi) is 4.57. The third kappa shape index (κ3) is 3.28. The first-order valence-electron chi connectivity index (χ1n) is 8.33. The standard InChI is InChI=1S/C20H17ClN4S/c1-12(2)13-3-5-14(6-4-13)16-10-26-20-18(16)19(23-11-24-20)25-17-8-7-15(21)9-22-17/h3-12H,1-2H3,(H,22,23,24,25). The number of nitrogens with one attached hydrogen (secondary N) is 1. The van der Waals surface area contributed by atoms with E-state index in [1.807, 2.05) is 6.07 Å². The molecule has 0 spiro atoms. The van der Waals surface area contributed by atoms with Crippen LogP contribution in [0.5, 0.6) is 0 Å². The highest BCUT2D eigenvalue weighted by Crippen LogP contribution is 2.37. The van der Waals surface area contributed by atoms with E-state index in [4.69, 9.17) is 11.6 Å². The van der Waals surface area contributed by atoms with E-state index in [9.17, 15) is 0 Å². The molecule has 4 rings (SSSR count). The third-order valence-corrected chi connectivity index (χ3v) is 5.34. The molecule has 1 aromatic carbocycles. The van der Waals surface area contributed by atoms with E-state index in [2.05, 4.69) is 63.8 Å². The van der Waals surface area contributed by atoms with Crippen LogP contribution in [0.25, 0.3) is 21.3 Å². The average Bonchev–Trinajstić information content (AvgIpc) is 3.09. The molecule has 0 fully saturated rings. The van der Waals surface area contributed by atoms with Crippen LogP contribution >= 0.6 is 22.9 Å². The fourth-order valence-electron chi connectivity index (χ4n) is 2.80. The van der Waals surface area contributed by atoms with Crippen molar-refractivity contribution in [3.05, 3.63) is 64.9 Å². The van der Waals surface area contributed by atoms with E-state index in [0.717, 1.165) is 27.2 Å². The lowest BCUT2D eigenvalue weighted by molar-refractivity contribution is 0.867. The highest BCUT2D eigenvalue weighted by Gasteiger charge is 2.14. The SMILES string of the molecule is CC(C)c1ccc(-c2csc3ncnc(Nc4ccc(Cl)cn4)c23)cc1. The van der Waals surface area contributed by atoms with Gasteiger partial charge in [-0.05, 0) is 29.2 Å². The Morgan fingerprint density at radius 3 is 2.50 bits per heavy atom. The maximum absolute atomic E-state index is 5.92. The number of aromatic nitrogens is 3. The Morgan fingerprint density at radius 1 is 1.00 bits per heavy atom. The lowest BCUT2D eigenvalue weighted by Gasteiger charge is -2.09. The number of hydrogen-bond acceptors (Lipinski definition) is 5. The van der Waals surface area contributed by atoms with Gasteiger partial charge in [0, 0.05) is 17.1 Å². The van der Waals surface area contributed by atoms with E-state index in [0.29, 0.717) is 16.8 Å². The van der Waals surface area contributed by atoms with Crippen LogP contribution in [0.4, 0.5) is 11.6 Å². The summed E-state index contributed by atoms with van der Waals surface area (Å²) in [5, 5.41) is 7.02. The van der Waals surface area contributed by atoms with Crippen molar-refractivity contribution in [1.82, 2.24) is 15.0 Å². The number of benzene rings is 1. The number of halogens is 1. The van der Waals surface area contributed by atoms with Crippen LogP contribution in [0.3, 0.4) is 0 Å². The first kappa shape index (κ1) is 16.9. The molecule has 0 amide bonds. The molecule has 0 aliphatic heterocycles. The van der Waals surface area contributed by atoms with Crippen LogP contribution in [-0.4, -0.2) is 15.0 Å². The lowest BCUT2D eigenvalue weighted by atomic mass is 9.99. The minimum absolute atomic E-state index is 0.514. The Bertz CT molecular complexity index is 1040. The van der Waals surface area contributed by atoms with Crippen LogP contribution in [-0.2, 0) is 0 Å². The molecule has 4 nitrogen and oxygen atoms in total. The van der Waals surface area contributed by atoms with Crippen LogP contribution in [0, 0.1) is 0 Å². The molecular formula is C20H17ClN4S. The molecule has 26 heavy (non-hydrogen) atoms. The zero-order valence-corrected chi connectivity index (χ0v) is 16.0. The fourth-order valence-corrected chi connectivity index (χ4v) is 3.83. The predicted molar refractivity (Wildman–Crippen MR) is 109 cm³/mol. The summed E-state index contributed by atoms with van der Waals surface area (Å²) in [6.45, 7) is 4.40. The maximum Gasteiger partial charge on any atom is 0.144 e. The molecule has 0 radical (unpaired) electrons. The summed E-state index contributed by atoms with van der Waals surface area (Å²) in [7, 11) is 0. The van der Waals surface area contributed by atoms with Gasteiger partial charge in [-0.2, -0.15) is 0 Å². The van der Waals surface area contributed by atoms with Crippen molar-refractivity contribution in [2.45, 2.75) is 19.8 Å². The van der Waals surface area contributed by atoms with Gasteiger partial charge >= 0.3 is 0 Å². The molecule has 4 aromatic rings. The van der Waals surface area contributed by atoms with Crippen molar-refractivity contribution < 1.29 is 0 Å². The van der Waals surface area contributed by atoms with Crippen LogP contribution in [0.1, 0.15) is 25.3 Å². The van der Waals surface area contributed by atoms with Gasteiger partial charge in [0.05, 0.1) is 10.4 Å². The minimum atomic E-state index is 0.514. The summed E-state index contributed by atoms with van der Waals surface area (Å²) >= 11 is 7.53. The van der Waals surface area contributed by atoms with Crippen LogP contribution in [0.2, 0.25) is 5.02 Å². The number of pyridine rings is 1. The zero-order valence-electron chi connectivity index (χ0n) is 14.4. The van der Waals surface area contributed by atoms with Gasteiger partial charge in [-0.15, -0.1) is 11.3 Å². The van der Waals surface area contributed by atoms with Gasteiger partial charge in [-0.3, -0.25) is 0 Å². The van der Waals surface area contributed by atoms with Gasteiger partial charge in [-0.25, -0.2) is 15.0 Å². The topological polar surface area (TPSA) is 50.7 Å². The Labute approximate surface area is 160 Å². The highest BCUT2D eigenvalue weighted by molar-refractivity contribution is 7.17. The molecule has 0 aliphatic rings. The average molecular weight is 381 g/mol. The van der Waals surface area contributed by atoms with Gasteiger partial charge < -0.3 is 5.32 Å². The smallest absolute Gasteiger partial charge is 0.144 e. The summed E-state index contributed by atoms with van der Waals surface area (Å²) in [6.07, 6.45) is 3.18. The van der Waals surface area contributed by atoms with E-state index < -0.39 is 0 Å². The normalized spacial score (nSPS) is 11.2. The van der Waals surface area contributed by atoms with Gasteiger partial charge in [0.25, 0.3) is 0 Å². The Balaban J connectivity index is 1.77. The van der Waals surface area contributed by atoms with Crippen molar-refractivity contribution in [3.8, 4) is 11.1 Å². The summed E-state index contributed by atoms with van der Waals surface area (Å²) in [6, 6.07) is 12.3. The van der Waals surface area contributed by atoms with Gasteiger partial charge in [0.2, 0.25) is 0 Å². The molecule has 0 saturated heterocycles. The zero-order chi connectivity index (χ0) is 18.1. The quantitative estimate of drug-likeness (QED) is 0.453. The van der Waals surface area contributed by atoms with Gasteiger partial charge in [0.15, 0.2) is 0 Å². The molecule has 3 heterocycles. The largest absolute Gasteiger partial charge is 0.324 e. The molecule has 0 bridgehead atoms. The molecule has 6 heteroatoms. The van der Waals surface area contributed by atoms with Gasteiger partial charge in [0.1, 0.15) is 22.8 Å². The number of nitrogens with zero attached hydrogens (tertiary/aromatic N) is 3. The Morgan fingerprint density at radius 2 is 1.81 bits per heavy atom. The second-order valence-electron chi connectivity index (χ2n) is 6.32. The van der Waals surface area contributed by atoms with Crippen molar-refractivity contribution in [3.63, 3.8) is 0 Å². The molecule has 0 atom stereocenters. The second-order valence-corrected chi connectivity index (χ2v) is 7.61. The van der Waals surface area contributed by atoms with E-state index >= 15 is 0 Å². The van der Waals surface area contributed by atoms with E-state index in [1.165, 1.54) is 5.56 Å². The minimum Gasteiger partial charge on any atom is -0.324 e. The number of anilines is 2. The highest BCUT2D eigenvalue weighted by atomic mass is 35.5. The van der Waals surface area contributed by atoms with Crippen molar-refractivity contribution >= 4 is 44.8 Å². The number of hydrogen-bond donors (Lipinski definition) is 1. The molecule has 130 valence electrons. The molecule has 0 aliphatic carbocycles. The molecule has 1 N–H and O–H groups in total. The predicted octanol–water partition coefficient (Wildman–Crippen LogP) is 6.27. The summed E-state index contributed by atoms with van der Waals surface area (Å²) < 4.78 is 0. The molecular weight excluding hydrogens is 364 g/mol. The number of fused-ring (bicyclic) bond motifs is 1. The lowest BCUT2D eigenvalue weighted by Crippen LogP contribution is -1.97. The molecule has 0 saturated carbocycles. The van der Waals surface area contributed by atoms with Crippen LogP contribution < -0.4 is 5.32 Å². The number of thiophene rings is 1. The van der Waals surface area contributed by atoms with E-state index in [-0.39, 0.29) is 0 Å². The first-order valence-corrected chi connectivity index (χ1v) is 9.58. The first-order chi connectivity index (χ1) is 12.6. The summed E-state index contributed by atoms with van der Waals surface area (Å²) in [5.41, 5.74) is 3.60. The van der Waals surface area contributed by atoms with Crippen molar-refractivity contribution in [2.75, 3.05) is 5.32 Å². The van der Waals surface area contributed by atoms with Crippen molar-refractivity contribution in [1.29, 1.82) is 0 Å². The molecule has 3 aromatic heterocycles. The Hall–Kier alpha value is -2.50. The second kappa shape index (κ2) is 7.02. The summed E-state index contributed by atoms with van der Waals surface area (Å²) in [5.74, 6) is 1.95. The van der Waals surface area contributed by atoms with Crippen LogP contribution in [0.15, 0.2) is 54.3 Å². The monoisotopic (exact) mass is 380 g/mol.